The zero-order valence-electron chi connectivity index (χ0n) is 14.5. The predicted octanol–water partition coefficient (Wildman–Crippen LogP) is -0.702. The van der Waals surface area contributed by atoms with Crippen LogP contribution < -0.4 is 5.32 Å². The first-order valence-electron chi connectivity index (χ1n) is 7.22. The summed E-state index contributed by atoms with van der Waals surface area (Å²) < 4.78 is 29.9. The molecule has 25 heavy (non-hydrogen) atoms. The van der Waals surface area contributed by atoms with Gasteiger partial charge in [-0.3, -0.25) is 14.4 Å². The van der Waals surface area contributed by atoms with Crippen molar-refractivity contribution in [2.75, 3.05) is 41.3 Å². The molecule has 1 aromatic carbocycles. The first-order valence-corrected chi connectivity index (χ1v) is 8.66. The van der Waals surface area contributed by atoms with E-state index in [1.54, 1.807) is 0 Å². The van der Waals surface area contributed by atoms with Crippen molar-refractivity contribution >= 4 is 27.8 Å². The summed E-state index contributed by atoms with van der Waals surface area (Å²) in [7, 11) is 2.13. The number of sulfonamides is 1. The summed E-state index contributed by atoms with van der Waals surface area (Å²) in [6, 6.07) is 5.43. The normalized spacial score (nSPS) is 11.1. The molecule has 0 bridgehead atoms. The topological polar surface area (TPSA) is 113 Å². The Bertz CT molecular complexity index is 758. The highest BCUT2D eigenvalue weighted by atomic mass is 32.2. The van der Waals surface area contributed by atoms with Crippen LogP contribution in [-0.2, 0) is 24.3 Å². The van der Waals surface area contributed by atoms with Crippen molar-refractivity contribution in [3.05, 3.63) is 29.8 Å². The van der Waals surface area contributed by atoms with E-state index in [-0.39, 0.29) is 16.4 Å². The monoisotopic (exact) mass is 371 g/mol. The second kappa shape index (κ2) is 8.58. The Balaban J connectivity index is 2.67. The van der Waals surface area contributed by atoms with Crippen LogP contribution in [-0.4, -0.2) is 76.7 Å². The SMILES string of the molecule is CN(C)C(=O)COC(=O)CNC(=O)c1cccc(S(=O)(=O)N(C)C)c1. The largest absolute Gasteiger partial charge is 0.454 e. The minimum atomic E-state index is -3.67. The fourth-order valence-electron chi connectivity index (χ4n) is 1.59. The van der Waals surface area contributed by atoms with Gasteiger partial charge in [0, 0.05) is 33.8 Å². The van der Waals surface area contributed by atoms with Gasteiger partial charge in [0.25, 0.3) is 11.8 Å². The summed E-state index contributed by atoms with van der Waals surface area (Å²) in [5.41, 5.74) is 0.0834. The van der Waals surface area contributed by atoms with E-state index in [1.165, 1.54) is 57.4 Å². The van der Waals surface area contributed by atoms with Crippen LogP contribution in [0.2, 0.25) is 0 Å². The van der Waals surface area contributed by atoms with Crippen molar-refractivity contribution < 1.29 is 27.5 Å². The lowest BCUT2D eigenvalue weighted by molar-refractivity contribution is -0.150. The van der Waals surface area contributed by atoms with Gasteiger partial charge in [-0.05, 0) is 18.2 Å². The average molecular weight is 371 g/mol. The van der Waals surface area contributed by atoms with Crippen LogP contribution >= 0.6 is 0 Å². The Morgan fingerprint density at radius 3 is 2.32 bits per heavy atom. The molecule has 0 heterocycles. The van der Waals surface area contributed by atoms with E-state index in [4.69, 9.17) is 4.74 Å². The lowest BCUT2D eigenvalue weighted by atomic mass is 10.2. The van der Waals surface area contributed by atoms with Crippen molar-refractivity contribution in [1.82, 2.24) is 14.5 Å². The number of esters is 1. The zero-order valence-corrected chi connectivity index (χ0v) is 15.3. The highest BCUT2D eigenvalue weighted by Crippen LogP contribution is 2.14. The second-order valence-electron chi connectivity index (χ2n) is 5.45. The highest BCUT2D eigenvalue weighted by molar-refractivity contribution is 7.89. The van der Waals surface area contributed by atoms with Gasteiger partial charge in [0.15, 0.2) is 6.61 Å². The maximum Gasteiger partial charge on any atom is 0.325 e. The van der Waals surface area contributed by atoms with Crippen molar-refractivity contribution in [2.24, 2.45) is 0 Å². The van der Waals surface area contributed by atoms with Crippen LogP contribution in [0.3, 0.4) is 0 Å². The molecule has 0 saturated heterocycles. The number of rotatable bonds is 7. The van der Waals surface area contributed by atoms with Gasteiger partial charge in [-0.25, -0.2) is 12.7 Å². The summed E-state index contributed by atoms with van der Waals surface area (Å²) in [6.45, 7) is -0.859. The van der Waals surface area contributed by atoms with Crippen LogP contribution in [0.25, 0.3) is 0 Å². The van der Waals surface area contributed by atoms with Gasteiger partial charge in [-0.15, -0.1) is 0 Å². The molecule has 1 N–H and O–H groups in total. The summed E-state index contributed by atoms with van der Waals surface area (Å²) in [6.07, 6.45) is 0. The summed E-state index contributed by atoms with van der Waals surface area (Å²) in [4.78, 5) is 36.1. The standard InChI is InChI=1S/C15H21N3O6S/c1-17(2)13(19)10-24-14(20)9-16-15(21)11-6-5-7-12(8-11)25(22,23)18(3)4/h5-8H,9-10H2,1-4H3,(H,16,21). The first kappa shape index (κ1) is 20.6. The lowest BCUT2D eigenvalue weighted by Gasteiger charge is -2.12. The molecule has 0 unspecified atom stereocenters. The number of nitrogens with one attached hydrogen (secondary N) is 1. The Morgan fingerprint density at radius 1 is 1.12 bits per heavy atom. The van der Waals surface area contributed by atoms with Gasteiger partial charge in [0.2, 0.25) is 10.0 Å². The number of nitrogens with zero attached hydrogens (tertiary/aromatic N) is 2. The molecule has 0 fully saturated rings. The molecule has 1 rings (SSSR count). The molecule has 138 valence electrons. The van der Waals surface area contributed by atoms with Crippen LogP contribution in [0.1, 0.15) is 10.4 Å². The third-order valence-electron chi connectivity index (χ3n) is 3.12. The molecule has 0 aliphatic carbocycles. The molecular formula is C15H21N3O6S. The molecular weight excluding hydrogens is 350 g/mol. The molecule has 2 amide bonds. The number of likely N-dealkylation sites (N-methyl/N-ethyl adjacent to an activating group) is 1. The molecule has 10 heteroatoms. The molecule has 1 aromatic rings. The van der Waals surface area contributed by atoms with E-state index >= 15 is 0 Å². The maximum absolute atomic E-state index is 12.1. The Labute approximate surface area is 146 Å². The molecule has 0 atom stereocenters. The number of benzene rings is 1. The summed E-state index contributed by atoms with van der Waals surface area (Å²) in [5, 5.41) is 2.31. The number of amides is 2. The van der Waals surface area contributed by atoms with Gasteiger partial charge >= 0.3 is 5.97 Å². The van der Waals surface area contributed by atoms with Crippen molar-refractivity contribution in [2.45, 2.75) is 4.90 Å². The molecule has 0 aliphatic rings. The Hall–Kier alpha value is -2.46. The molecule has 0 aliphatic heterocycles. The van der Waals surface area contributed by atoms with E-state index in [9.17, 15) is 22.8 Å². The molecule has 9 nitrogen and oxygen atoms in total. The Morgan fingerprint density at radius 2 is 1.76 bits per heavy atom. The van der Waals surface area contributed by atoms with Crippen molar-refractivity contribution in [3.8, 4) is 0 Å². The fourth-order valence-corrected chi connectivity index (χ4v) is 2.53. The molecule has 0 aromatic heterocycles. The fraction of sp³-hybridized carbons (Fsp3) is 0.400. The summed E-state index contributed by atoms with van der Waals surface area (Å²) >= 11 is 0. The van der Waals surface area contributed by atoms with E-state index in [1.807, 2.05) is 0 Å². The number of carbonyl (C=O) groups is 3. The average Bonchev–Trinajstić information content (AvgIpc) is 2.57. The quantitative estimate of drug-likeness (QED) is 0.634. The molecule has 0 radical (unpaired) electrons. The van der Waals surface area contributed by atoms with E-state index < -0.39 is 35.1 Å². The Kier molecular flexibility index (Phi) is 7.07. The molecule has 0 spiro atoms. The number of hydrogen-bond donors (Lipinski definition) is 1. The van der Waals surface area contributed by atoms with Crippen LogP contribution in [0.5, 0.6) is 0 Å². The lowest BCUT2D eigenvalue weighted by Crippen LogP contribution is -2.33. The van der Waals surface area contributed by atoms with Crippen LogP contribution in [0.4, 0.5) is 0 Å². The van der Waals surface area contributed by atoms with Gasteiger partial charge < -0.3 is 15.0 Å². The summed E-state index contributed by atoms with van der Waals surface area (Å²) in [5.74, 6) is -1.80. The molecule has 0 saturated carbocycles. The van der Waals surface area contributed by atoms with Gasteiger partial charge in [-0.1, -0.05) is 6.07 Å². The second-order valence-corrected chi connectivity index (χ2v) is 7.60. The maximum atomic E-state index is 12.1. The van der Waals surface area contributed by atoms with E-state index in [0.29, 0.717) is 0 Å². The van der Waals surface area contributed by atoms with E-state index in [0.717, 1.165) is 4.31 Å². The van der Waals surface area contributed by atoms with Gasteiger partial charge in [0.1, 0.15) is 6.54 Å². The minimum Gasteiger partial charge on any atom is -0.454 e. The van der Waals surface area contributed by atoms with Gasteiger partial charge in [-0.2, -0.15) is 0 Å². The highest BCUT2D eigenvalue weighted by Gasteiger charge is 2.19. The van der Waals surface area contributed by atoms with Gasteiger partial charge in [0.05, 0.1) is 4.90 Å². The minimum absolute atomic E-state index is 0.0377. The van der Waals surface area contributed by atoms with Crippen molar-refractivity contribution in [3.63, 3.8) is 0 Å². The predicted molar refractivity (Wildman–Crippen MR) is 89.3 cm³/mol. The number of ether oxygens (including phenoxy) is 1. The van der Waals surface area contributed by atoms with E-state index in [2.05, 4.69) is 5.32 Å². The third kappa shape index (κ3) is 5.84. The first-order chi connectivity index (χ1) is 11.6. The third-order valence-corrected chi connectivity index (χ3v) is 4.93. The van der Waals surface area contributed by atoms with Crippen molar-refractivity contribution in [1.29, 1.82) is 0 Å². The van der Waals surface area contributed by atoms with Crippen LogP contribution in [0.15, 0.2) is 29.2 Å². The number of hydrogen-bond acceptors (Lipinski definition) is 6. The smallest absolute Gasteiger partial charge is 0.325 e. The van der Waals surface area contributed by atoms with Crippen LogP contribution in [0, 0.1) is 0 Å². The zero-order chi connectivity index (χ0) is 19.2. The number of carbonyl (C=O) groups excluding carboxylic acids is 3.